The van der Waals surface area contributed by atoms with Crippen LogP contribution in [0, 0.1) is 0 Å². The molecule has 0 saturated heterocycles. The molecule has 0 radical (unpaired) electrons. The third kappa shape index (κ3) is 3.11. The number of fused-ring (bicyclic) bond motifs is 1. The van der Waals surface area contributed by atoms with Crippen molar-refractivity contribution in [1.82, 2.24) is 10.3 Å². The maximum absolute atomic E-state index is 11.3. The number of nitrogens with zero attached hydrogens (tertiary/aromatic N) is 3. The summed E-state index contributed by atoms with van der Waals surface area (Å²) in [4.78, 5) is 23.5. The van der Waals surface area contributed by atoms with Crippen LogP contribution < -0.4 is 10.2 Å². The van der Waals surface area contributed by atoms with Gasteiger partial charge in [-0.25, -0.2) is 9.98 Å². The van der Waals surface area contributed by atoms with Gasteiger partial charge in [0, 0.05) is 26.0 Å². The van der Waals surface area contributed by atoms with E-state index in [0.717, 1.165) is 27.9 Å². The molecule has 0 unspecified atom stereocenters. The van der Waals surface area contributed by atoms with E-state index in [1.807, 2.05) is 45.0 Å². The number of anilines is 1. The van der Waals surface area contributed by atoms with Gasteiger partial charge < -0.3 is 10.2 Å². The minimum absolute atomic E-state index is 0.586. The van der Waals surface area contributed by atoms with Crippen molar-refractivity contribution in [2.75, 3.05) is 19.0 Å². The summed E-state index contributed by atoms with van der Waals surface area (Å²) in [6, 6.07) is 1.92. The van der Waals surface area contributed by atoms with Gasteiger partial charge in [-0.05, 0) is 19.9 Å². The molecular weight excluding hydrogens is 284 g/mol. The number of aromatic nitrogens is 1. The Morgan fingerprint density at radius 1 is 1.48 bits per heavy atom. The van der Waals surface area contributed by atoms with Crippen LogP contribution in [0.2, 0.25) is 0 Å². The number of rotatable bonds is 5. The highest BCUT2D eigenvalue weighted by Gasteiger charge is 2.16. The maximum Gasteiger partial charge on any atom is 0.162 e. The fraction of sp³-hybridized carbons (Fsp3) is 0.267. The van der Waals surface area contributed by atoms with E-state index in [0.29, 0.717) is 10.6 Å². The minimum Gasteiger partial charge on any atom is -0.377 e. The molecular formula is C15H18N4OS. The summed E-state index contributed by atoms with van der Waals surface area (Å²) in [5.74, 6) is 0. The molecule has 2 aromatic heterocycles. The van der Waals surface area contributed by atoms with Gasteiger partial charge in [0.1, 0.15) is 4.83 Å². The first kappa shape index (κ1) is 15.2. The molecule has 0 aliphatic heterocycles. The lowest BCUT2D eigenvalue weighted by molar-refractivity contribution is 0.112. The summed E-state index contributed by atoms with van der Waals surface area (Å²) in [6.07, 6.45) is 6.14. The fourth-order valence-electron chi connectivity index (χ4n) is 1.87. The molecule has 21 heavy (non-hydrogen) atoms. The summed E-state index contributed by atoms with van der Waals surface area (Å²) in [7, 11) is 3.92. The van der Waals surface area contributed by atoms with Crippen LogP contribution in [0.25, 0.3) is 10.2 Å². The van der Waals surface area contributed by atoms with Gasteiger partial charge >= 0.3 is 0 Å². The van der Waals surface area contributed by atoms with Crippen LogP contribution in [0.1, 0.15) is 23.5 Å². The van der Waals surface area contributed by atoms with Crippen molar-refractivity contribution in [2.24, 2.45) is 4.99 Å². The average molecular weight is 302 g/mol. The average Bonchev–Trinajstić information content (AvgIpc) is 2.84. The van der Waals surface area contributed by atoms with Gasteiger partial charge in [-0.1, -0.05) is 6.08 Å². The summed E-state index contributed by atoms with van der Waals surface area (Å²) in [5.41, 5.74) is 2.66. The van der Waals surface area contributed by atoms with Crippen LogP contribution in [0.5, 0.6) is 0 Å². The minimum atomic E-state index is 0.586. The lowest BCUT2D eigenvalue weighted by atomic mass is 10.2. The molecule has 0 aliphatic carbocycles. The highest BCUT2D eigenvalue weighted by Crippen LogP contribution is 2.40. The molecule has 5 nitrogen and oxygen atoms in total. The Hall–Kier alpha value is -2.21. The van der Waals surface area contributed by atoms with Gasteiger partial charge in [0.15, 0.2) is 6.29 Å². The van der Waals surface area contributed by atoms with E-state index < -0.39 is 0 Å². The molecule has 1 N–H and O–H groups in total. The Labute approximate surface area is 128 Å². The second-order valence-electron chi connectivity index (χ2n) is 4.71. The standard InChI is InChI=1S/C15H18N4OS/c1-5-10(2)17-9-18-14-12(8-20)21-15-13(14)11(19(3)4)6-7-16-15/h5-9H,1-4H3,(H,17,18)/b10-5+. The van der Waals surface area contributed by atoms with Crippen molar-refractivity contribution in [3.05, 3.63) is 28.9 Å². The zero-order valence-corrected chi connectivity index (χ0v) is 13.4. The molecule has 2 rings (SSSR count). The predicted octanol–water partition coefficient (Wildman–Crippen LogP) is 3.35. The second-order valence-corrected chi connectivity index (χ2v) is 5.74. The topological polar surface area (TPSA) is 57.6 Å². The normalized spacial score (nSPS) is 12.1. The van der Waals surface area contributed by atoms with Crippen LogP contribution in [-0.4, -0.2) is 31.7 Å². The number of allylic oxidation sites excluding steroid dienone is 2. The number of aldehydes is 1. The second kappa shape index (κ2) is 6.49. The highest BCUT2D eigenvalue weighted by molar-refractivity contribution is 7.21. The molecule has 0 fully saturated rings. The highest BCUT2D eigenvalue weighted by atomic mass is 32.1. The number of hydrogen-bond donors (Lipinski definition) is 1. The van der Waals surface area contributed by atoms with Crippen molar-refractivity contribution in [3.8, 4) is 0 Å². The molecule has 110 valence electrons. The van der Waals surface area contributed by atoms with Gasteiger partial charge in [-0.15, -0.1) is 11.3 Å². The monoisotopic (exact) mass is 302 g/mol. The number of pyridine rings is 1. The number of aliphatic imine (C=N–C) groups is 1. The van der Waals surface area contributed by atoms with Crippen LogP contribution in [0.15, 0.2) is 29.0 Å². The number of nitrogens with one attached hydrogen (secondary N) is 1. The summed E-state index contributed by atoms with van der Waals surface area (Å²) >= 11 is 1.36. The smallest absolute Gasteiger partial charge is 0.162 e. The Bertz CT molecular complexity index is 716. The van der Waals surface area contributed by atoms with Gasteiger partial charge in [0.2, 0.25) is 0 Å². The van der Waals surface area contributed by atoms with Gasteiger partial charge in [-0.2, -0.15) is 0 Å². The Morgan fingerprint density at radius 2 is 2.24 bits per heavy atom. The first-order valence-corrected chi connectivity index (χ1v) is 7.36. The van der Waals surface area contributed by atoms with Crippen LogP contribution in [-0.2, 0) is 0 Å². The molecule has 0 amide bonds. The molecule has 0 spiro atoms. The Balaban J connectivity index is 2.57. The number of thiophene rings is 1. The van der Waals surface area contributed by atoms with Crippen LogP contribution in [0.4, 0.5) is 11.4 Å². The van der Waals surface area contributed by atoms with Gasteiger partial charge in [-0.3, -0.25) is 4.79 Å². The molecule has 0 aromatic carbocycles. The lowest BCUT2D eigenvalue weighted by Gasteiger charge is -2.13. The first-order valence-electron chi connectivity index (χ1n) is 6.54. The predicted molar refractivity (Wildman–Crippen MR) is 90.1 cm³/mol. The summed E-state index contributed by atoms with van der Waals surface area (Å²) in [5, 5.41) is 3.97. The van der Waals surface area contributed by atoms with Crippen molar-refractivity contribution < 1.29 is 4.79 Å². The molecule has 0 saturated carbocycles. The van der Waals surface area contributed by atoms with E-state index in [-0.39, 0.29) is 0 Å². The van der Waals surface area contributed by atoms with E-state index in [4.69, 9.17) is 0 Å². The lowest BCUT2D eigenvalue weighted by Crippen LogP contribution is -2.09. The zero-order chi connectivity index (χ0) is 15.4. The van der Waals surface area contributed by atoms with Crippen molar-refractivity contribution in [2.45, 2.75) is 13.8 Å². The van der Waals surface area contributed by atoms with Crippen molar-refractivity contribution in [3.63, 3.8) is 0 Å². The summed E-state index contributed by atoms with van der Waals surface area (Å²) < 4.78 is 0. The largest absolute Gasteiger partial charge is 0.377 e. The first-order chi connectivity index (χ1) is 10.1. The Kier molecular flexibility index (Phi) is 4.70. The molecule has 2 aromatic rings. The summed E-state index contributed by atoms with van der Waals surface area (Å²) in [6.45, 7) is 3.90. The third-order valence-electron chi connectivity index (χ3n) is 3.08. The Morgan fingerprint density at radius 3 is 2.86 bits per heavy atom. The van der Waals surface area contributed by atoms with E-state index in [2.05, 4.69) is 15.3 Å². The van der Waals surface area contributed by atoms with Crippen molar-refractivity contribution in [1.29, 1.82) is 0 Å². The number of hydrogen-bond acceptors (Lipinski definition) is 5. The molecule has 0 bridgehead atoms. The van der Waals surface area contributed by atoms with Gasteiger partial charge in [0.25, 0.3) is 0 Å². The van der Waals surface area contributed by atoms with E-state index in [1.165, 1.54) is 11.3 Å². The quantitative estimate of drug-likeness (QED) is 0.523. The third-order valence-corrected chi connectivity index (χ3v) is 4.09. The molecule has 0 atom stereocenters. The van der Waals surface area contributed by atoms with Crippen LogP contribution >= 0.6 is 11.3 Å². The maximum atomic E-state index is 11.3. The number of carbonyl (C=O) groups excluding carboxylic acids is 1. The zero-order valence-electron chi connectivity index (χ0n) is 12.5. The fourth-order valence-corrected chi connectivity index (χ4v) is 2.80. The van der Waals surface area contributed by atoms with E-state index in [1.54, 1.807) is 12.5 Å². The van der Waals surface area contributed by atoms with E-state index in [9.17, 15) is 4.79 Å². The molecule has 0 aliphatic rings. The van der Waals surface area contributed by atoms with Crippen LogP contribution in [0.3, 0.4) is 0 Å². The SMILES string of the molecule is C/C=C(\C)NC=Nc1c(C=O)sc2nccc(N(C)C)c12. The molecule has 6 heteroatoms. The van der Waals surface area contributed by atoms with Gasteiger partial charge in [0.05, 0.1) is 28.0 Å². The molecule has 2 heterocycles. The number of carbonyl (C=O) groups is 1. The van der Waals surface area contributed by atoms with Crippen molar-refractivity contribution >= 4 is 45.6 Å². The van der Waals surface area contributed by atoms with E-state index >= 15 is 0 Å².